The van der Waals surface area contributed by atoms with E-state index in [0.717, 1.165) is 12.8 Å². The van der Waals surface area contributed by atoms with Crippen molar-refractivity contribution in [2.75, 3.05) is 5.32 Å². The Bertz CT molecular complexity index is 484. The molecular formula is C13H20ClN3O. The average Bonchev–Trinajstić information content (AvgIpc) is 2.76. The molecular weight excluding hydrogens is 250 g/mol. The van der Waals surface area contributed by atoms with Crippen molar-refractivity contribution >= 4 is 17.3 Å². The van der Waals surface area contributed by atoms with Gasteiger partial charge in [0.2, 0.25) is 0 Å². The summed E-state index contributed by atoms with van der Waals surface area (Å²) in [4.78, 5) is 12.1. The summed E-state index contributed by atoms with van der Waals surface area (Å²) < 4.78 is 1.43. The molecule has 2 rings (SSSR count). The molecule has 0 radical (unpaired) electrons. The number of hydrogen-bond donors (Lipinski definition) is 1. The molecule has 0 aromatic carbocycles. The first-order valence-electron chi connectivity index (χ1n) is 6.44. The van der Waals surface area contributed by atoms with Crippen LogP contribution >= 0.6 is 11.6 Å². The first kappa shape index (κ1) is 13.4. The van der Waals surface area contributed by atoms with Gasteiger partial charge in [-0.3, -0.25) is 4.79 Å². The minimum Gasteiger partial charge on any atom is -0.380 e. The van der Waals surface area contributed by atoms with Gasteiger partial charge in [-0.05, 0) is 33.6 Å². The smallest absolute Gasteiger partial charge is 0.288 e. The minimum atomic E-state index is -0.355. The number of aromatic nitrogens is 2. The van der Waals surface area contributed by atoms with Crippen molar-refractivity contribution in [2.24, 2.45) is 0 Å². The van der Waals surface area contributed by atoms with Crippen LogP contribution in [-0.4, -0.2) is 15.8 Å². The number of nitrogens with one attached hydrogen (secondary N) is 1. The normalized spacial score (nSPS) is 17.1. The topological polar surface area (TPSA) is 46.9 Å². The third-order valence-electron chi connectivity index (χ3n) is 3.27. The quantitative estimate of drug-likeness (QED) is 0.898. The Hall–Kier alpha value is -1.03. The van der Waals surface area contributed by atoms with Crippen molar-refractivity contribution in [3.63, 3.8) is 0 Å². The third-order valence-corrected chi connectivity index (χ3v) is 3.63. The average molecular weight is 270 g/mol. The molecule has 0 bridgehead atoms. The molecule has 0 amide bonds. The van der Waals surface area contributed by atoms with Crippen LogP contribution in [-0.2, 0) is 5.54 Å². The van der Waals surface area contributed by atoms with Gasteiger partial charge in [-0.2, -0.15) is 5.10 Å². The van der Waals surface area contributed by atoms with Crippen molar-refractivity contribution in [1.82, 2.24) is 9.78 Å². The maximum Gasteiger partial charge on any atom is 0.288 e. The molecule has 1 aromatic heterocycles. The lowest BCUT2D eigenvalue weighted by atomic mass is 10.1. The van der Waals surface area contributed by atoms with Crippen LogP contribution in [0.2, 0.25) is 5.02 Å². The van der Waals surface area contributed by atoms with Crippen molar-refractivity contribution < 1.29 is 0 Å². The van der Waals surface area contributed by atoms with E-state index in [1.165, 1.54) is 17.5 Å². The van der Waals surface area contributed by atoms with Crippen LogP contribution in [0.5, 0.6) is 0 Å². The molecule has 1 saturated carbocycles. The van der Waals surface area contributed by atoms with Gasteiger partial charge in [0.15, 0.2) is 0 Å². The number of nitrogens with zero attached hydrogens (tertiary/aromatic N) is 2. The van der Waals surface area contributed by atoms with E-state index in [0.29, 0.717) is 11.7 Å². The lowest BCUT2D eigenvalue weighted by Gasteiger charge is -2.22. The molecule has 18 heavy (non-hydrogen) atoms. The fourth-order valence-corrected chi connectivity index (χ4v) is 2.48. The Morgan fingerprint density at radius 2 is 2.00 bits per heavy atom. The summed E-state index contributed by atoms with van der Waals surface area (Å²) in [5, 5.41) is 7.77. The zero-order chi connectivity index (χ0) is 13.3. The van der Waals surface area contributed by atoms with Crippen LogP contribution in [0, 0.1) is 0 Å². The summed E-state index contributed by atoms with van der Waals surface area (Å²) >= 11 is 6.15. The van der Waals surface area contributed by atoms with E-state index in [-0.39, 0.29) is 16.1 Å². The molecule has 0 saturated heterocycles. The van der Waals surface area contributed by atoms with Crippen LogP contribution in [0.4, 0.5) is 5.69 Å². The monoisotopic (exact) mass is 269 g/mol. The van der Waals surface area contributed by atoms with Gasteiger partial charge in [0.25, 0.3) is 5.56 Å². The fraction of sp³-hybridized carbons (Fsp3) is 0.692. The van der Waals surface area contributed by atoms with E-state index >= 15 is 0 Å². The summed E-state index contributed by atoms with van der Waals surface area (Å²) in [6, 6.07) is 0.425. The lowest BCUT2D eigenvalue weighted by Crippen LogP contribution is -2.36. The fourth-order valence-electron chi connectivity index (χ4n) is 2.30. The second-order valence-electron chi connectivity index (χ2n) is 5.89. The Morgan fingerprint density at radius 3 is 2.56 bits per heavy atom. The predicted molar refractivity (Wildman–Crippen MR) is 74.4 cm³/mol. The molecule has 1 aliphatic rings. The Morgan fingerprint density at radius 1 is 1.39 bits per heavy atom. The molecule has 4 nitrogen and oxygen atoms in total. The largest absolute Gasteiger partial charge is 0.380 e. The summed E-state index contributed by atoms with van der Waals surface area (Å²) in [5.41, 5.74) is 0.0771. The highest BCUT2D eigenvalue weighted by atomic mass is 35.5. The molecule has 1 heterocycles. The Balaban J connectivity index is 2.29. The molecule has 1 aromatic rings. The van der Waals surface area contributed by atoms with Gasteiger partial charge in [0.1, 0.15) is 5.02 Å². The SMILES string of the molecule is CC(C)(C)n1ncc(NC2CCCC2)c(Cl)c1=O. The number of halogens is 1. The first-order valence-corrected chi connectivity index (χ1v) is 6.82. The van der Waals surface area contributed by atoms with E-state index in [2.05, 4.69) is 10.4 Å². The highest BCUT2D eigenvalue weighted by Crippen LogP contribution is 2.25. The number of anilines is 1. The first-order chi connectivity index (χ1) is 8.39. The van der Waals surface area contributed by atoms with Gasteiger partial charge in [0.05, 0.1) is 17.4 Å². The van der Waals surface area contributed by atoms with Crippen molar-refractivity contribution in [3.05, 3.63) is 21.6 Å². The second-order valence-corrected chi connectivity index (χ2v) is 6.26. The molecule has 100 valence electrons. The van der Waals surface area contributed by atoms with Gasteiger partial charge < -0.3 is 5.32 Å². The van der Waals surface area contributed by atoms with E-state index in [9.17, 15) is 4.79 Å². The van der Waals surface area contributed by atoms with Gasteiger partial charge in [-0.25, -0.2) is 4.68 Å². The molecule has 1 N–H and O–H groups in total. The molecule has 0 atom stereocenters. The van der Waals surface area contributed by atoms with E-state index in [1.54, 1.807) is 6.20 Å². The maximum absolute atomic E-state index is 12.1. The molecule has 0 unspecified atom stereocenters. The van der Waals surface area contributed by atoms with Gasteiger partial charge in [0, 0.05) is 6.04 Å². The summed E-state index contributed by atoms with van der Waals surface area (Å²) in [6.45, 7) is 5.80. The van der Waals surface area contributed by atoms with E-state index in [1.807, 2.05) is 20.8 Å². The zero-order valence-electron chi connectivity index (χ0n) is 11.2. The van der Waals surface area contributed by atoms with Crippen LogP contribution in [0.1, 0.15) is 46.5 Å². The highest BCUT2D eigenvalue weighted by molar-refractivity contribution is 6.32. The van der Waals surface area contributed by atoms with Crippen molar-refractivity contribution in [3.8, 4) is 0 Å². The second kappa shape index (κ2) is 4.92. The van der Waals surface area contributed by atoms with Crippen molar-refractivity contribution in [1.29, 1.82) is 0 Å². The minimum absolute atomic E-state index is 0.229. The molecule has 1 fully saturated rings. The molecule has 1 aliphatic carbocycles. The molecule has 0 aliphatic heterocycles. The summed E-state index contributed by atoms with van der Waals surface area (Å²) in [6.07, 6.45) is 6.41. The van der Waals surface area contributed by atoms with Crippen LogP contribution in [0.3, 0.4) is 0 Å². The van der Waals surface area contributed by atoms with Crippen LogP contribution in [0.25, 0.3) is 0 Å². The number of hydrogen-bond acceptors (Lipinski definition) is 3. The number of rotatable bonds is 2. The molecule has 5 heteroatoms. The van der Waals surface area contributed by atoms with Crippen LogP contribution < -0.4 is 10.9 Å². The van der Waals surface area contributed by atoms with Gasteiger partial charge in [-0.1, -0.05) is 24.4 Å². The lowest BCUT2D eigenvalue weighted by molar-refractivity contribution is 0.338. The van der Waals surface area contributed by atoms with Gasteiger partial charge >= 0.3 is 0 Å². The standard InChI is InChI=1S/C13H20ClN3O/c1-13(2,3)17-12(18)11(14)10(8-15-17)16-9-6-4-5-7-9/h8-9,16H,4-7H2,1-3H3. The van der Waals surface area contributed by atoms with E-state index in [4.69, 9.17) is 11.6 Å². The Labute approximate surface area is 112 Å². The summed E-state index contributed by atoms with van der Waals surface area (Å²) in [5.74, 6) is 0. The third kappa shape index (κ3) is 2.69. The van der Waals surface area contributed by atoms with Crippen molar-refractivity contribution in [2.45, 2.75) is 58.0 Å². The van der Waals surface area contributed by atoms with Crippen LogP contribution in [0.15, 0.2) is 11.0 Å². The van der Waals surface area contributed by atoms with E-state index < -0.39 is 0 Å². The maximum atomic E-state index is 12.1. The van der Waals surface area contributed by atoms with Gasteiger partial charge in [-0.15, -0.1) is 0 Å². The molecule has 0 spiro atoms. The highest BCUT2D eigenvalue weighted by Gasteiger charge is 2.21. The predicted octanol–water partition coefficient (Wildman–Crippen LogP) is 3.01. The Kier molecular flexibility index (Phi) is 3.66. The summed E-state index contributed by atoms with van der Waals surface area (Å²) in [7, 11) is 0. The zero-order valence-corrected chi connectivity index (χ0v) is 11.9.